The number of amides is 2. The number of hydrogen-bond acceptors (Lipinski definition) is 3. The van der Waals surface area contributed by atoms with Crippen LogP contribution in [0.5, 0.6) is 0 Å². The van der Waals surface area contributed by atoms with E-state index >= 15 is 0 Å². The summed E-state index contributed by atoms with van der Waals surface area (Å²) in [4.78, 5) is 18.1. The minimum absolute atomic E-state index is 0.211. The Labute approximate surface area is 77.5 Å². The Kier molecular flexibility index (Phi) is 2.59. The molecule has 0 unspecified atom stereocenters. The highest BCUT2D eigenvalue weighted by molar-refractivity contribution is 9.10. The zero-order valence-corrected chi connectivity index (χ0v) is 7.92. The van der Waals surface area contributed by atoms with Gasteiger partial charge >= 0.3 is 6.03 Å². The summed E-state index contributed by atoms with van der Waals surface area (Å²) >= 11 is 3.23. The molecule has 0 saturated carbocycles. The normalized spacial score (nSPS) is 9.50. The number of urea groups is 1. The molecule has 64 valence electrons. The van der Waals surface area contributed by atoms with E-state index in [9.17, 15) is 4.79 Å². The Morgan fingerprint density at radius 1 is 1.75 bits per heavy atom. The van der Waals surface area contributed by atoms with E-state index in [4.69, 9.17) is 5.73 Å². The number of rotatable bonds is 1. The zero-order chi connectivity index (χ0) is 9.14. The quantitative estimate of drug-likeness (QED) is 0.757. The molecule has 0 aliphatic heterocycles. The van der Waals surface area contributed by atoms with Gasteiger partial charge < -0.3 is 5.73 Å². The monoisotopic (exact) mass is 230 g/mol. The van der Waals surface area contributed by atoms with E-state index in [0.29, 0.717) is 0 Å². The van der Waals surface area contributed by atoms with Gasteiger partial charge in [-0.2, -0.15) is 0 Å². The van der Waals surface area contributed by atoms with Crippen LogP contribution in [0.2, 0.25) is 0 Å². The summed E-state index contributed by atoms with van der Waals surface area (Å²) in [5.41, 5.74) is 5.62. The van der Waals surface area contributed by atoms with Crippen molar-refractivity contribution >= 4 is 27.9 Å². The second kappa shape index (κ2) is 3.48. The number of aryl methyl sites for hydroxylation is 1. The van der Waals surface area contributed by atoms with Crippen LogP contribution in [-0.2, 0) is 0 Å². The third-order valence-electron chi connectivity index (χ3n) is 1.15. The molecule has 1 heterocycles. The number of aromatic nitrogens is 2. The fourth-order valence-electron chi connectivity index (χ4n) is 0.623. The maximum Gasteiger partial charge on any atom is 0.319 e. The summed E-state index contributed by atoms with van der Waals surface area (Å²) in [5, 5.41) is 2.27. The van der Waals surface area contributed by atoms with Crippen molar-refractivity contribution < 1.29 is 4.79 Å². The SMILES string of the molecule is Cc1nc(NC(N)=O)ncc1Br. The maximum atomic E-state index is 10.4. The van der Waals surface area contributed by atoms with Crippen molar-refractivity contribution in [3.8, 4) is 0 Å². The molecule has 1 aromatic heterocycles. The molecule has 0 radical (unpaired) electrons. The first-order chi connectivity index (χ1) is 5.59. The summed E-state index contributed by atoms with van der Waals surface area (Å²) in [7, 11) is 0. The molecule has 6 heteroatoms. The zero-order valence-electron chi connectivity index (χ0n) is 6.34. The predicted octanol–water partition coefficient (Wildman–Crippen LogP) is 1.04. The first-order valence-electron chi connectivity index (χ1n) is 3.15. The Bertz CT molecular complexity index is 314. The van der Waals surface area contributed by atoms with Crippen LogP contribution >= 0.6 is 15.9 Å². The molecule has 5 nitrogen and oxygen atoms in total. The van der Waals surface area contributed by atoms with Crippen LogP contribution < -0.4 is 11.1 Å². The Morgan fingerprint density at radius 2 is 2.42 bits per heavy atom. The smallest absolute Gasteiger partial charge is 0.319 e. The van der Waals surface area contributed by atoms with Crippen molar-refractivity contribution in [2.45, 2.75) is 6.92 Å². The van der Waals surface area contributed by atoms with Crippen molar-refractivity contribution in [2.24, 2.45) is 5.73 Å². The van der Waals surface area contributed by atoms with Crippen LogP contribution in [-0.4, -0.2) is 16.0 Å². The van der Waals surface area contributed by atoms with Crippen molar-refractivity contribution in [3.63, 3.8) is 0 Å². The maximum absolute atomic E-state index is 10.4. The molecule has 1 rings (SSSR count). The van der Waals surface area contributed by atoms with E-state index in [2.05, 4.69) is 31.2 Å². The lowest BCUT2D eigenvalue weighted by Crippen LogP contribution is -2.21. The number of carbonyl (C=O) groups excluding carboxylic acids is 1. The third kappa shape index (κ3) is 2.16. The standard InChI is InChI=1S/C6H7BrN4O/c1-3-4(7)2-9-6(10-3)11-5(8)12/h2H,1H3,(H3,8,9,10,11,12). The van der Waals surface area contributed by atoms with Crippen LogP contribution in [0.25, 0.3) is 0 Å². The molecule has 0 atom stereocenters. The molecule has 0 aliphatic rings. The highest BCUT2D eigenvalue weighted by Crippen LogP contribution is 2.12. The van der Waals surface area contributed by atoms with Gasteiger partial charge in [-0.15, -0.1) is 0 Å². The van der Waals surface area contributed by atoms with Crippen molar-refractivity contribution in [2.75, 3.05) is 5.32 Å². The van der Waals surface area contributed by atoms with Crippen molar-refractivity contribution in [3.05, 3.63) is 16.4 Å². The first kappa shape index (κ1) is 8.92. The lowest BCUT2D eigenvalue weighted by atomic mass is 10.5. The van der Waals surface area contributed by atoms with Crippen LogP contribution in [0, 0.1) is 6.92 Å². The Morgan fingerprint density at radius 3 is 2.92 bits per heavy atom. The second-order valence-corrected chi connectivity index (χ2v) is 2.97. The van der Waals surface area contributed by atoms with Crippen LogP contribution in [0.3, 0.4) is 0 Å². The van der Waals surface area contributed by atoms with Gasteiger partial charge in [0.1, 0.15) is 0 Å². The number of nitrogens with zero attached hydrogens (tertiary/aromatic N) is 2. The molecule has 12 heavy (non-hydrogen) atoms. The molecule has 0 aliphatic carbocycles. The van der Waals surface area contributed by atoms with Gasteiger partial charge in [-0.1, -0.05) is 0 Å². The van der Waals surface area contributed by atoms with E-state index in [1.165, 1.54) is 0 Å². The van der Waals surface area contributed by atoms with Gasteiger partial charge in [-0.3, -0.25) is 5.32 Å². The lowest BCUT2D eigenvalue weighted by Gasteiger charge is -2.00. The summed E-state index contributed by atoms with van der Waals surface area (Å²) in [6.07, 6.45) is 1.55. The lowest BCUT2D eigenvalue weighted by molar-refractivity contribution is 0.259. The highest BCUT2D eigenvalue weighted by Gasteiger charge is 2.01. The summed E-state index contributed by atoms with van der Waals surface area (Å²) in [6.45, 7) is 1.79. The minimum Gasteiger partial charge on any atom is -0.351 e. The van der Waals surface area contributed by atoms with Crippen molar-refractivity contribution in [1.82, 2.24) is 9.97 Å². The van der Waals surface area contributed by atoms with E-state index in [-0.39, 0.29) is 5.95 Å². The van der Waals surface area contributed by atoms with Gasteiger partial charge in [0.15, 0.2) is 0 Å². The molecule has 0 bridgehead atoms. The number of halogens is 1. The molecular formula is C6H7BrN4O. The summed E-state index contributed by atoms with van der Waals surface area (Å²) in [6, 6.07) is -0.670. The molecule has 3 N–H and O–H groups in total. The van der Waals surface area contributed by atoms with Gasteiger partial charge in [-0.05, 0) is 22.9 Å². The fraction of sp³-hybridized carbons (Fsp3) is 0.167. The number of primary amides is 1. The van der Waals surface area contributed by atoms with Gasteiger partial charge in [0, 0.05) is 6.20 Å². The topological polar surface area (TPSA) is 80.9 Å². The minimum atomic E-state index is -0.670. The van der Waals surface area contributed by atoms with E-state index < -0.39 is 6.03 Å². The molecule has 0 spiro atoms. The number of carbonyl (C=O) groups is 1. The van der Waals surface area contributed by atoms with Gasteiger partial charge in [-0.25, -0.2) is 14.8 Å². The first-order valence-corrected chi connectivity index (χ1v) is 3.94. The van der Waals surface area contributed by atoms with Crippen LogP contribution in [0.4, 0.5) is 10.7 Å². The molecule has 2 amide bonds. The molecule has 0 saturated heterocycles. The van der Waals surface area contributed by atoms with Gasteiger partial charge in [0.25, 0.3) is 0 Å². The van der Waals surface area contributed by atoms with Crippen LogP contribution in [0.1, 0.15) is 5.69 Å². The van der Waals surface area contributed by atoms with Crippen molar-refractivity contribution in [1.29, 1.82) is 0 Å². The van der Waals surface area contributed by atoms with E-state index in [1.54, 1.807) is 13.1 Å². The highest BCUT2D eigenvalue weighted by atomic mass is 79.9. The number of nitrogens with two attached hydrogens (primary N) is 1. The molecule has 0 aromatic carbocycles. The average Bonchev–Trinajstić information content (AvgIpc) is 1.96. The fourth-order valence-corrected chi connectivity index (χ4v) is 0.814. The summed E-state index contributed by atoms with van der Waals surface area (Å²) < 4.78 is 0.789. The number of hydrogen-bond donors (Lipinski definition) is 2. The molecular weight excluding hydrogens is 224 g/mol. The van der Waals surface area contributed by atoms with Crippen LogP contribution in [0.15, 0.2) is 10.7 Å². The number of nitrogens with one attached hydrogen (secondary N) is 1. The largest absolute Gasteiger partial charge is 0.351 e. The Balaban J connectivity index is 2.89. The van der Waals surface area contributed by atoms with Gasteiger partial charge in [0.05, 0.1) is 10.2 Å². The molecule has 0 fully saturated rings. The third-order valence-corrected chi connectivity index (χ3v) is 1.93. The van der Waals surface area contributed by atoms with E-state index in [0.717, 1.165) is 10.2 Å². The average molecular weight is 231 g/mol. The second-order valence-electron chi connectivity index (χ2n) is 2.12. The van der Waals surface area contributed by atoms with E-state index in [1.807, 2.05) is 0 Å². The Hall–Kier alpha value is -1.17. The van der Waals surface area contributed by atoms with Gasteiger partial charge in [0.2, 0.25) is 5.95 Å². The summed E-state index contributed by atoms with van der Waals surface area (Å²) in [5.74, 6) is 0.211. The predicted molar refractivity (Wildman–Crippen MR) is 47.7 cm³/mol. The molecule has 1 aromatic rings. The number of anilines is 1.